The van der Waals surface area contributed by atoms with Gasteiger partial charge in [-0.05, 0) is 81.7 Å². The van der Waals surface area contributed by atoms with Crippen molar-refractivity contribution in [2.75, 3.05) is 38.1 Å². The molecule has 2 aliphatic heterocycles. The van der Waals surface area contributed by atoms with E-state index in [9.17, 15) is 27.9 Å². The number of fused-ring (bicyclic) bond motifs is 1. The Hall–Kier alpha value is -3.18. The molecule has 1 saturated heterocycles. The Balaban J connectivity index is 1.32. The van der Waals surface area contributed by atoms with Crippen LogP contribution in [-0.2, 0) is 28.5 Å². The summed E-state index contributed by atoms with van der Waals surface area (Å²) >= 11 is 0. The lowest BCUT2D eigenvalue weighted by atomic mass is 10.1. The number of pyridine rings is 1. The number of carbonyl (C=O) groups excluding carboxylic acids is 1. The molecule has 11 heteroatoms. The number of halogens is 3. The molecule has 2 atom stereocenters. The molecule has 3 N–H and O–H groups in total. The Kier molecular flexibility index (Phi) is 10.4. The average molecular weight is 563 g/mol. The lowest BCUT2D eigenvalue weighted by Crippen LogP contribution is -2.44. The standard InChI is InChI=1S/C29H37F3N4O4/c30-29(31,32)24-11-2-1-10-23(24)27(37)35-25(28(38)39)14-17-36(19-22-9-6-18-40-22)16-4-3-8-21-13-12-20-7-5-15-33-26(20)34-21/h1-2,10-13,22,25H,3-9,14-19H2,(H,33,34)(H,35,37)(H,38,39). The number of alkyl halides is 3. The van der Waals surface area contributed by atoms with Gasteiger partial charge in [0.2, 0.25) is 0 Å². The van der Waals surface area contributed by atoms with Crippen molar-refractivity contribution >= 4 is 17.7 Å². The van der Waals surface area contributed by atoms with E-state index in [-0.39, 0.29) is 12.5 Å². The third-order valence-corrected chi connectivity index (χ3v) is 7.41. The Morgan fingerprint density at radius 2 is 1.98 bits per heavy atom. The van der Waals surface area contributed by atoms with Gasteiger partial charge in [-0.15, -0.1) is 0 Å². The number of aromatic nitrogens is 1. The molecule has 218 valence electrons. The Bertz CT molecular complexity index is 1150. The molecule has 0 radical (unpaired) electrons. The molecule has 3 heterocycles. The van der Waals surface area contributed by atoms with Crippen molar-refractivity contribution in [2.24, 2.45) is 0 Å². The smallest absolute Gasteiger partial charge is 0.417 e. The number of anilines is 1. The van der Waals surface area contributed by atoms with E-state index in [4.69, 9.17) is 9.72 Å². The van der Waals surface area contributed by atoms with Gasteiger partial charge in [-0.1, -0.05) is 18.2 Å². The van der Waals surface area contributed by atoms with Crippen molar-refractivity contribution in [3.05, 3.63) is 58.8 Å². The first-order chi connectivity index (χ1) is 19.2. The highest BCUT2D eigenvalue weighted by molar-refractivity contribution is 5.98. The van der Waals surface area contributed by atoms with E-state index in [1.54, 1.807) is 0 Å². The Morgan fingerprint density at radius 1 is 1.15 bits per heavy atom. The second-order valence-electron chi connectivity index (χ2n) is 10.4. The van der Waals surface area contributed by atoms with Crippen molar-refractivity contribution in [1.82, 2.24) is 15.2 Å². The zero-order valence-electron chi connectivity index (χ0n) is 22.5. The number of ether oxygens (including phenoxy) is 1. The van der Waals surface area contributed by atoms with Gasteiger partial charge in [0, 0.05) is 31.9 Å². The van der Waals surface area contributed by atoms with E-state index < -0.39 is 35.2 Å². The molecule has 0 saturated carbocycles. The van der Waals surface area contributed by atoms with Crippen molar-refractivity contribution in [3.8, 4) is 0 Å². The summed E-state index contributed by atoms with van der Waals surface area (Å²) < 4.78 is 45.9. The average Bonchev–Trinajstić information content (AvgIpc) is 3.45. The summed E-state index contributed by atoms with van der Waals surface area (Å²) in [7, 11) is 0. The molecular formula is C29H37F3N4O4. The van der Waals surface area contributed by atoms with Gasteiger partial charge < -0.3 is 25.4 Å². The number of hydrogen-bond donors (Lipinski definition) is 3. The summed E-state index contributed by atoms with van der Waals surface area (Å²) in [6.07, 6.45) is 2.04. The monoisotopic (exact) mass is 562 g/mol. The molecule has 2 unspecified atom stereocenters. The minimum atomic E-state index is -4.73. The van der Waals surface area contributed by atoms with Crippen LogP contribution < -0.4 is 10.6 Å². The molecular weight excluding hydrogens is 525 g/mol. The molecule has 2 aromatic rings. The molecule has 40 heavy (non-hydrogen) atoms. The van der Waals surface area contributed by atoms with Crippen molar-refractivity contribution in [2.45, 2.75) is 69.7 Å². The van der Waals surface area contributed by atoms with E-state index in [1.165, 1.54) is 17.7 Å². The maximum Gasteiger partial charge on any atom is 0.417 e. The predicted molar refractivity (Wildman–Crippen MR) is 144 cm³/mol. The largest absolute Gasteiger partial charge is 0.480 e. The highest BCUT2D eigenvalue weighted by Gasteiger charge is 2.35. The molecule has 0 spiro atoms. The van der Waals surface area contributed by atoms with Gasteiger partial charge in [-0.25, -0.2) is 9.78 Å². The van der Waals surface area contributed by atoms with Gasteiger partial charge in [0.25, 0.3) is 5.91 Å². The molecule has 1 amide bonds. The Labute approximate surface area is 232 Å². The van der Waals surface area contributed by atoms with E-state index in [0.29, 0.717) is 26.2 Å². The quantitative estimate of drug-likeness (QED) is 0.308. The van der Waals surface area contributed by atoms with Crippen LogP contribution in [0, 0.1) is 0 Å². The second-order valence-corrected chi connectivity index (χ2v) is 10.4. The molecule has 1 aromatic carbocycles. The van der Waals surface area contributed by atoms with Gasteiger partial charge in [-0.3, -0.25) is 4.79 Å². The predicted octanol–water partition coefficient (Wildman–Crippen LogP) is 4.54. The summed E-state index contributed by atoms with van der Waals surface area (Å²) in [5.41, 5.74) is 0.593. The van der Waals surface area contributed by atoms with Crippen molar-refractivity contribution in [3.63, 3.8) is 0 Å². The number of amides is 1. The summed E-state index contributed by atoms with van der Waals surface area (Å²) in [6, 6.07) is 7.26. The van der Waals surface area contributed by atoms with E-state index in [0.717, 1.165) is 75.1 Å². The summed E-state index contributed by atoms with van der Waals surface area (Å²) in [6.45, 7) is 3.34. The first-order valence-electron chi connectivity index (χ1n) is 14.0. The van der Waals surface area contributed by atoms with Gasteiger partial charge >= 0.3 is 12.1 Å². The fraction of sp³-hybridized carbons (Fsp3) is 0.552. The molecule has 1 fully saturated rings. The number of unbranched alkanes of at least 4 members (excludes halogenated alkanes) is 1. The first kappa shape index (κ1) is 29.8. The van der Waals surface area contributed by atoms with Gasteiger partial charge in [0.05, 0.1) is 17.2 Å². The van der Waals surface area contributed by atoms with Crippen LogP contribution in [0.5, 0.6) is 0 Å². The number of rotatable bonds is 13. The van der Waals surface area contributed by atoms with Crippen molar-refractivity contribution < 1.29 is 32.6 Å². The van der Waals surface area contributed by atoms with Crippen LogP contribution in [0.2, 0.25) is 0 Å². The number of aryl methyl sites for hydroxylation is 2. The van der Waals surface area contributed by atoms with Gasteiger partial charge in [0.1, 0.15) is 11.9 Å². The van der Waals surface area contributed by atoms with Crippen LogP contribution in [0.4, 0.5) is 19.0 Å². The minimum absolute atomic E-state index is 0.0556. The molecule has 0 aliphatic carbocycles. The topological polar surface area (TPSA) is 104 Å². The maximum absolute atomic E-state index is 13.4. The van der Waals surface area contributed by atoms with Crippen LogP contribution in [0.15, 0.2) is 36.4 Å². The van der Waals surface area contributed by atoms with E-state index >= 15 is 0 Å². The minimum Gasteiger partial charge on any atom is -0.480 e. The zero-order chi connectivity index (χ0) is 28.5. The molecule has 4 rings (SSSR count). The number of nitrogens with zero attached hydrogens (tertiary/aromatic N) is 2. The second kappa shape index (κ2) is 13.9. The number of hydrogen-bond acceptors (Lipinski definition) is 6. The number of carboxylic acids is 1. The van der Waals surface area contributed by atoms with Gasteiger partial charge in [0.15, 0.2) is 0 Å². The number of nitrogens with one attached hydrogen (secondary N) is 2. The summed E-state index contributed by atoms with van der Waals surface area (Å²) in [4.78, 5) is 31.5. The maximum atomic E-state index is 13.4. The lowest BCUT2D eigenvalue weighted by Gasteiger charge is -2.27. The highest BCUT2D eigenvalue weighted by Crippen LogP contribution is 2.32. The van der Waals surface area contributed by atoms with Crippen LogP contribution >= 0.6 is 0 Å². The summed E-state index contributed by atoms with van der Waals surface area (Å²) in [5, 5.41) is 15.4. The van der Waals surface area contributed by atoms with E-state index in [1.807, 2.05) is 0 Å². The van der Waals surface area contributed by atoms with E-state index in [2.05, 4.69) is 27.7 Å². The highest BCUT2D eigenvalue weighted by atomic mass is 19.4. The molecule has 2 aliphatic rings. The fourth-order valence-corrected chi connectivity index (χ4v) is 5.25. The first-order valence-corrected chi connectivity index (χ1v) is 14.0. The number of aliphatic carboxylic acids is 1. The van der Waals surface area contributed by atoms with Crippen LogP contribution in [0.25, 0.3) is 0 Å². The van der Waals surface area contributed by atoms with Crippen molar-refractivity contribution in [1.29, 1.82) is 0 Å². The third-order valence-electron chi connectivity index (χ3n) is 7.41. The third kappa shape index (κ3) is 8.41. The SMILES string of the molecule is O=C(NC(CCN(CCCCc1ccc2c(n1)NCCC2)CC1CCCO1)C(=O)O)c1ccccc1C(F)(F)F. The summed E-state index contributed by atoms with van der Waals surface area (Å²) in [5.74, 6) is -1.37. The van der Waals surface area contributed by atoms with Gasteiger partial charge in [-0.2, -0.15) is 13.2 Å². The molecule has 8 nitrogen and oxygen atoms in total. The van der Waals surface area contributed by atoms with Crippen LogP contribution in [-0.4, -0.2) is 71.8 Å². The zero-order valence-corrected chi connectivity index (χ0v) is 22.5. The van der Waals surface area contributed by atoms with Crippen LogP contribution in [0.3, 0.4) is 0 Å². The normalized spacial score (nSPS) is 17.8. The number of carboxylic acid groups (broad SMARTS) is 1. The lowest BCUT2D eigenvalue weighted by molar-refractivity contribution is -0.139. The van der Waals surface area contributed by atoms with Crippen LogP contribution in [0.1, 0.15) is 65.7 Å². The molecule has 1 aromatic heterocycles. The number of benzene rings is 1. The number of carbonyl (C=O) groups is 2. The fourth-order valence-electron chi connectivity index (χ4n) is 5.25. The molecule has 0 bridgehead atoms. The Morgan fingerprint density at radius 3 is 2.73 bits per heavy atom.